The Bertz CT molecular complexity index is 564. The lowest BCUT2D eigenvalue weighted by atomic mass is 10.1. The molecule has 1 aromatic heterocycles. The minimum absolute atomic E-state index is 0.0479. The van der Waals surface area contributed by atoms with Gasteiger partial charge in [-0.3, -0.25) is 9.78 Å². The summed E-state index contributed by atoms with van der Waals surface area (Å²) in [6.45, 7) is 2.06. The van der Waals surface area contributed by atoms with Crippen LogP contribution in [0.3, 0.4) is 0 Å². The number of rotatable bonds is 6. The zero-order chi connectivity index (χ0) is 13.7. The van der Waals surface area contributed by atoms with Gasteiger partial charge in [-0.05, 0) is 18.6 Å². The van der Waals surface area contributed by atoms with Crippen LogP contribution in [0.4, 0.5) is 5.69 Å². The van der Waals surface area contributed by atoms with Crippen molar-refractivity contribution in [2.45, 2.75) is 32.2 Å². The number of aromatic nitrogens is 1. The molecule has 4 heteroatoms. The molecule has 1 atom stereocenters. The Morgan fingerprint density at radius 1 is 1.37 bits per heavy atom. The summed E-state index contributed by atoms with van der Waals surface area (Å²) < 4.78 is 0. The van der Waals surface area contributed by atoms with Gasteiger partial charge >= 0.3 is 5.97 Å². The number of hydrogen-bond donors (Lipinski definition) is 2. The lowest BCUT2D eigenvalue weighted by molar-refractivity contribution is -0.137. The van der Waals surface area contributed by atoms with Crippen molar-refractivity contribution in [3.63, 3.8) is 0 Å². The molecule has 1 unspecified atom stereocenters. The Morgan fingerprint density at radius 2 is 2.16 bits per heavy atom. The summed E-state index contributed by atoms with van der Waals surface area (Å²) >= 11 is 0. The van der Waals surface area contributed by atoms with Crippen LogP contribution in [0.2, 0.25) is 0 Å². The molecule has 0 bridgehead atoms. The molecule has 0 fully saturated rings. The molecule has 0 spiro atoms. The molecule has 0 saturated carbocycles. The quantitative estimate of drug-likeness (QED) is 0.834. The van der Waals surface area contributed by atoms with Crippen molar-refractivity contribution in [2.24, 2.45) is 0 Å². The fourth-order valence-electron chi connectivity index (χ4n) is 2.23. The highest BCUT2D eigenvalue weighted by Gasteiger charge is 2.13. The number of carbonyl (C=O) groups is 1. The van der Waals surface area contributed by atoms with E-state index in [0.717, 1.165) is 29.4 Å². The zero-order valence-corrected chi connectivity index (χ0v) is 11.0. The molecule has 4 nitrogen and oxygen atoms in total. The van der Waals surface area contributed by atoms with Gasteiger partial charge in [-0.2, -0.15) is 0 Å². The summed E-state index contributed by atoms with van der Waals surface area (Å²) in [5.41, 5.74) is 1.86. The first-order valence-electron chi connectivity index (χ1n) is 6.52. The number of fused-ring (bicyclic) bond motifs is 1. The second kappa shape index (κ2) is 6.18. The molecule has 0 saturated heterocycles. The van der Waals surface area contributed by atoms with E-state index in [-0.39, 0.29) is 12.5 Å². The van der Waals surface area contributed by atoms with E-state index in [1.807, 2.05) is 30.3 Å². The largest absolute Gasteiger partial charge is 0.481 e. The van der Waals surface area contributed by atoms with Crippen LogP contribution in [0.1, 0.15) is 26.2 Å². The molecule has 0 aliphatic carbocycles. The number of carboxylic acid groups (broad SMARTS) is 1. The number of carboxylic acids is 1. The van der Waals surface area contributed by atoms with E-state index in [4.69, 9.17) is 5.11 Å². The molecule has 0 amide bonds. The Balaban J connectivity index is 2.25. The van der Waals surface area contributed by atoms with Crippen LogP contribution in [0.15, 0.2) is 36.5 Å². The van der Waals surface area contributed by atoms with Crippen molar-refractivity contribution >= 4 is 22.6 Å². The molecule has 1 aromatic carbocycles. The SMILES string of the molecule is CCCC(CC(=O)O)Nc1ccnc2ccccc12. The number of pyridine rings is 1. The van der Waals surface area contributed by atoms with Crippen molar-refractivity contribution in [3.05, 3.63) is 36.5 Å². The second-order valence-electron chi connectivity index (χ2n) is 4.60. The second-order valence-corrected chi connectivity index (χ2v) is 4.60. The average Bonchev–Trinajstić information content (AvgIpc) is 2.39. The van der Waals surface area contributed by atoms with Crippen LogP contribution in [0.25, 0.3) is 10.9 Å². The fourth-order valence-corrected chi connectivity index (χ4v) is 2.23. The maximum absolute atomic E-state index is 10.9. The molecular formula is C15H18N2O2. The molecule has 19 heavy (non-hydrogen) atoms. The minimum atomic E-state index is -0.774. The summed E-state index contributed by atoms with van der Waals surface area (Å²) in [5, 5.41) is 13.3. The van der Waals surface area contributed by atoms with Crippen LogP contribution >= 0.6 is 0 Å². The van der Waals surface area contributed by atoms with E-state index < -0.39 is 5.97 Å². The van der Waals surface area contributed by atoms with Crippen molar-refractivity contribution in [1.82, 2.24) is 4.98 Å². The third kappa shape index (κ3) is 3.44. The number of para-hydroxylation sites is 1. The highest BCUT2D eigenvalue weighted by atomic mass is 16.4. The van der Waals surface area contributed by atoms with Gasteiger partial charge in [0.2, 0.25) is 0 Å². The van der Waals surface area contributed by atoms with Gasteiger partial charge in [-0.1, -0.05) is 31.5 Å². The number of anilines is 1. The van der Waals surface area contributed by atoms with E-state index >= 15 is 0 Å². The van der Waals surface area contributed by atoms with Crippen molar-refractivity contribution in [2.75, 3.05) is 5.32 Å². The first-order chi connectivity index (χ1) is 9.20. The van der Waals surface area contributed by atoms with E-state index in [1.54, 1.807) is 6.20 Å². The predicted molar refractivity (Wildman–Crippen MR) is 76.3 cm³/mol. The Kier molecular flexibility index (Phi) is 4.34. The molecule has 0 aliphatic heterocycles. The third-order valence-electron chi connectivity index (χ3n) is 3.07. The molecule has 2 rings (SSSR count). The van der Waals surface area contributed by atoms with Gasteiger partial charge in [0, 0.05) is 23.3 Å². The third-order valence-corrected chi connectivity index (χ3v) is 3.07. The van der Waals surface area contributed by atoms with Crippen molar-refractivity contribution in [3.8, 4) is 0 Å². The maximum atomic E-state index is 10.9. The van der Waals surface area contributed by atoms with Gasteiger partial charge in [0.25, 0.3) is 0 Å². The highest BCUT2D eigenvalue weighted by molar-refractivity contribution is 5.91. The van der Waals surface area contributed by atoms with Gasteiger partial charge in [-0.15, -0.1) is 0 Å². The monoisotopic (exact) mass is 258 g/mol. The Hall–Kier alpha value is -2.10. The summed E-state index contributed by atoms with van der Waals surface area (Å²) in [6, 6.07) is 9.70. The van der Waals surface area contributed by atoms with Crippen LogP contribution < -0.4 is 5.32 Å². The van der Waals surface area contributed by atoms with Crippen LogP contribution in [0.5, 0.6) is 0 Å². The summed E-state index contributed by atoms with van der Waals surface area (Å²) in [6.07, 6.45) is 3.66. The Labute approximate surface area is 112 Å². The number of nitrogens with zero attached hydrogens (tertiary/aromatic N) is 1. The van der Waals surface area contributed by atoms with E-state index in [0.29, 0.717) is 0 Å². The standard InChI is InChI=1S/C15H18N2O2/c1-2-5-11(10-15(18)19)17-14-8-9-16-13-7-4-3-6-12(13)14/h3-4,6-9,11H,2,5,10H2,1H3,(H,16,17)(H,18,19). The molecule has 0 radical (unpaired) electrons. The summed E-state index contributed by atoms with van der Waals surface area (Å²) in [4.78, 5) is 15.2. The van der Waals surface area contributed by atoms with Gasteiger partial charge in [-0.25, -0.2) is 0 Å². The molecule has 1 heterocycles. The van der Waals surface area contributed by atoms with E-state index in [2.05, 4.69) is 17.2 Å². The van der Waals surface area contributed by atoms with Gasteiger partial charge in [0.05, 0.1) is 11.9 Å². The van der Waals surface area contributed by atoms with Gasteiger partial charge < -0.3 is 10.4 Å². The summed E-state index contributed by atoms with van der Waals surface area (Å²) in [7, 11) is 0. The smallest absolute Gasteiger partial charge is 0.305 e. The highest BCUT2D eigenvalue weighted by Crippen LogP contribution is 2.23. The number of hydrogen-bond acceptors (Lipinski definition) is 3. The topological polar surface area (TPSA) is 62.2 Å². The van der Waals surface area contributed by atoms with Crippen LogP contribution in [0, 0.1) is 0 Å². The van der Waals surface area contributed by atoms with Crippen LogP contribution in [-0.4, -0.2) is 22.1 Å². The normalized spacial score (nSPS) is 12.3. The van der Waals surface area contributed by atoms with Gasteiger partial charge in [0.15, 0.2) is 0 Å². The van der Waals surface area contributed by atoms with Gasteiger partial charge in [0.1, 0.15) is 0 Å². The van der Waals surface area contributed by atoms with E-state index in [1.165, 1.54) is 0 Å². The van der Waals surface area contributed by atoms with Crippen molar-refractivity contribution in [1.29, 1.82) is 0 Å². The number of aliphatic carboxylic acids is 1. The molecule has 2 N–H and O–H groups in total. The Morgan fingerprint density at radius 3 is 2.89 bits per heavy atom. The predicted octanol–water partition coefficient (Wildman–Crippen LogP) is 3.29. The molecule has 100 valence electrons. The first-order valence-corrected chi connectivity index (χ1v) is 6.52. The number of nitrogens with one attached hydrogen (secondary N) is 1. The minimum Gasteiger partial charge on any atom is -0.481 e. The molecular weight excluding hydrogens is 240 g/mol. The average molecular weight is 258 g/mol. The number of benzene rings is 1. The maximum Gasteiger partial charge on any atom is 0.305 e. The first kappa shape index (κ1) is 13.3. The zero-order valence-electron chi connectivity index (χ0n) is 11.0. The molecule has 2 aromatic rings. The summed E-state index contributed by atoms with van der Waals surface area (Å²) in [5.74, 6) is -0.774. The lowest BCUT2D eigenvalue weighted by Gasteiger charge is -2.18. The lowest BCUT2D eigenvalue weighted by Crippen LogP contribution is -2.23. The van der Waals surface area contributed by atoms with Crippen LogP contribution in [-0.2, 0) is 4.79 Å². The fraction of sp³-hybridized carbons (Fsp3) is 0.333. The molecule has 0 aliphatic rings. The van der Waals surface area contributed by atoms with Crippen molar-refractivity contribution < 1.29 is 9.90 Å². The van der Waals surface area contributed by atoms with E-state index in [9.17, 15) is 4.79 Å².